The van der Waals surface area contributed by atoms with Gasteiger partial charge in [0.2, 0.25) is 0 Å². The Kier molecular flexibility index (Phi) is 3.59. The van der Waals surface area contributed by atoms with E-state index in [4.69, 9.17) is 5.73 Å². The van der Waals surface area contributed by atoms with Crippen LogP contribution in [0.2, 0.25) is 0 Å². The van der Waals surface area contributed by atoms with Gasteiger partial charge in [0, 0.05) is 6.04 Å². The number of hydrogen-bond donors (Lipinski definition) is 1. The second kappa shape index (κ2) is 4.96. The van der Waals surface area contributed by atoms with E-state index in [-0.39, 0.29) is 11.9 Å². The second-order valence-electron chi connectivity index (χ2n) is 5.10. The van der Waals surface area contributed by atoms with Crippen molar-refractivity contribution in [1.29, 1.82) is 0 Å². The molecule has 0 aromatic heterocycles. The van der Waals surface area contributed by atoms with Crippen molar-refractivity contribution in [3.63, 3.8) is 0 Å². The van der Waals surface area contributed by atoms with Crippen LogP contribution >= 0.6 is 0 Å². The minimum atomic E-state index is -0.187. The van der Waals surface area contributed by atoms with Gasteiger partial charge in [0.25, 0.3) is 0 Å². The lowest BCUT2D eigenvalue weighted by Crippen LogP contribution is -2.25. The van der Waals surface area contributed by atoms with Gasteiger partial charge >= 0.3 is 0 Å². The first-order valence-electron chi connectivity index (χ1n) is 6.18. The van der Waals surface area contributed by atoms with Crippen molar-refractivity contribution in [2.24, 2.45) is 17.6 Å². The first-order chi connectivity index (χ1) is 7.66. The van der Waals surface area contributed by atoms with E-state index in [1.165, 1.54) is 37.8 Å². The van der Waals surface area contributed by atoms with Gasteiger partial charge in [-0.3, -0.25) is 0 Å². The van der Waals surface area contributed by atoms with Crippen LogP contribution in [0.5, 0.6) is 0 Å². The second-order valence-corrected chi connectivity index (χ2v) is 5.10. The van der Waals surface area contributed by atoms with Gasteiger partial charge in [-0.2, -0.15) is 0 Å². The fourth-order valence-electron chi connectivity index (χ4n) is 2.60. The molecule has 1 nitrogen and oxygen atoms in total. The molecule has 2 rings (SSSR count). The van der Waals surface area contributed by atoms with Crippen LogP contribution in [-0.2, 0) is 0 Å². The molecule has 1 aliphatic rings. The maximum absolute atomic E-state index is 12.8. The monoisotopic (exact) mass is 221 g/mol. The summed E-state index contributed by atoms with van der Waals surface area (Å²) in [6.07, 6.45) is 4.97. The molecule has 1 aliphatic carbocycles. The third kappa shape index (κ3) is 2.62. The van der Waals surface area contributed by atoms with Crippen LogP contribution in [0.3, 0.4) is 0 Å². The van der Waals surface area contributed by atoms with Crippen molar-refractivity contribution in [3.05, 3.63) is 35.6 Å². The Morgan fingerprint density at radius 3 is 2.25 bits per heavy atom. The van der Waals surface area contributed by atoms with Crippen LogP contribution in [0.1, 0.15) is 44.2 Å². The number of halogens is 1. The summed E-state index contributed by atoms with van der Waals surface area (Å²) in [4.78, 5) is 0. The predicted octanol–water partition coefficient (Wildman–Crippen LogP) is 3.65. The molecule has 0 amide bonds. The number of rotatable bonds is 2. The summed E-state index contributed by atoms with van der Waals surface area (Å²) in [6, 6.07) is 6.71. The quantitative estimate of drug-likeness (QED) is 0.810. The van der Waals surface area contributed by atoms with E-state index in [0.717, 1.165) is 11.5 Å². The van der Waals surface area contributed by atoms with E-state index >= 15 is 0 Å². The van der Waals surface area contributed by atoms with E-state index in [0.29, 0.717) is 5.92 Å². The predicted molar refractivity (Wildman–Crippen MR) is 64.5 cm³/mol. The summed E-state index contributed by atoms with van der Waals surface area (Å²) in [5.41, 5.74) is 7.31. The molecule has 0 radical (unpaired) electrons. The van der Waals surface area contributed by atoms with Gasteiger partial charge in [-0.15, -0.1) is 0 Å². The fourth-order valence-corrected chi connectivity index (χ4v) is 2.60. The Morgan fingerprint density at radius 1 is 1.12 bits per heavy atom. The highest BCUT2D eigenvalue weighted by atomic mass is 19.1. The van der Waals surface area contributed by atoms with E-state index in [1.807, 2.05) is 12.1 Å². The summed E-state index contributed by atoms with van der Waals surface area (Å²) < 4.78 is 12.8. The van der Waals surface area contributed by atoms with Gasteiger partial charge in [-0.25, -0.2) is 4.39 Å². The Morgan fingerprint density at radius 2 is 1.69 bits per heavy atom. The highest BCUT2D eigenvalue weighted by molar-refractivity contribution is 5.20. The molecule has 1 fully saturated rings. The van der Waals surface area contributed by atoms with Gasteiger partial charge in [0.15, 0.2) is 0 Å². The van der Waals surface area contributed by atoms with E-state index in [2.05, 4.69) is 6.92 Å². The molecule has 1 aromatic carbocycles. The van der Waals surface area contributed by atoms with Crippen LogP contribution in [0.25, 0.3) is 0 Å². The average Bonchev–Trinajstić information content (AvgIpc) is 2.30. The van der Waals surface area contributed by atoms with Crippen molar-refractivity contribution in [3.8, 4) is 0 Å². The minimum Gasteiger partial charge on any atom is -0.324 e. The van der Waals surface area contributed by atoms with Crippen LogP contribution in [0.4, 0.5) is 4.39 Å². The summed E-state index contributed by atoms with van der Waals surface area (Å²) in [6.45, 7) is 2.31. The van der Waals surface area contributed by atoms with Crippen LogP contribution < -0.4 is 5.73 Å². The highest BCUT2D eigenvalue weighted by Gasteiger charge is 2.24. The molecule has 0 spiro atoms. The van der Waals surface area contributed by atoms with Crippen LogP contribution in [-0.4, -0.2) is 0 Å². The zero-order valence-corrected chi connectivity index (χ0v) is 9.83. The smallest absolute Gasteiger partial charge is 0.123 e. The molecule has 0 saturated heterocycles. The van der Waals surface area contributed by atoms with Gasteiger partial charge in [0.1, 0.15) is 5.82 Å². The molecule has 1 atom stereocenters. The standard InChI is InChI=1S/C14H20FN/c1-10-2-4-11(5-3-10)14(16)12-6-8-13(15)9-7-12/h6-11,14H,2-5,16H2,1H3. The van der Waals surface area contributed by atoms with Crippen LogP contribution in [0, 0.1) is 17.7 Å². The fraction of sp³-hybridized carbons (Fsp3) is 0.571. The maximum atomic E-state index is 12.8. The third-order valence-electron chi connectivity index (χ3n) is 3.82. The first kappa shape index (κ1) is 11.6. The highest BCUT2D eigenvalue weighted by Crippen LogP contribution is 2.35. The molecule has 0 bridgehead atoms. The number of hydrogen-bond acceptors (Lipinski definition) is 1. The lowest BCUT2D eigenvalue weighted by Gasteiger charge is -2.30. The molecule has 88 valence electrons. The van der Waals surface area contributed by atoms with Gasteiger partial charge in [-0.05, 0) is 42.4 Å². The summed E-state index contributed by atoms with van der Waals surface area (Å²) in [5, 5.41) is 0. The summed E-state index contributed by atoms with van der Waals surface area (Å²) in [7, 11) is 0. The topological polar surface area (TPSA) is 26.0 Å². The van der Waals surface area contributed by atoms with E-state index in [9.17, 15) is 4.39 Å². The molecule has 1 saturated carbocycles. The van der Waals surface area contributed by atoms with Crippen LogP contribution in [0.15, 0.2) is 24.3 Å². The lowest BCUT2D eigenvalue weighted by atomic mass is 9.78. The SMILES string of the molecule is CC1CCC(C(N)c2ccc(F)cc2)CC1. The van der Waals surface area contributed by atoms with Gasteiger partial charge in [0.05, 0.1) is 0 Å². The number of nitrogens with two attached hydrogens (primary N) is 1. The first-order valence-corrected chi connectivity index (χ1v) is 6.18. The molecule has 0 aliphatic heterocycles. The lowest BCUT2D eigenvalue weighted by molar-refractivity contribution is 0.256. The van der Waals surface area contributed by atoms with Crippen molar-refractivity contribution in [2.75, 3.05) is 0 Å². The van der Waals surface area contributed by atoms with Crippen molar-refractivity contribution < 1.29 is 4.39 Å². The van der Waals surface area contributed by atoms with Crippen molar-refractivity contribution in [1.82, 2.24) is 0 Å². The third-order valence-corrected chi connectivity index (χ3v) is 3.82. The molecule has 2 N–H and O–H groups in total. The molecule has 2 heteroatoms. The van der Waals surface area contributed by atoms with Gasteiger partial charge in [-0.1, -0.05) is 31.9 Å². The minimum absolute atomic E-state index is 0.0769. The molecular formula is C14H20FN. The molecule has 1 aromatic rings. The largest absolute Gasteiger partial charge is 0.324 e. The van der Waals surface area contributed by atoms with E-state index < -0.39 is 0 Å². The Hall–Kier alpha value is -0.890. The van der Waals surface area contributed by atoms with E-state index in [1.54, 1.807) is 0 Å². The molecule has 1 unspecified atom stereocenters. The average molecular weight is 221 g/mol. The summed E-state index contributed by atoms with van der Waals surface area (Å²) in [5.74, 6) is 1.23. The zero-order chi connectivity index (χ0) is 11.5. The van der Waals surface area contributed by atoms with Gasteiger partial charge < -0.3 is 5.73 Å². The molecular weight excluding hydrogens is 201 g/mol. The Balaban J connectivity index is 2.01. The van der Waals surface area contributed by atoms with Crippen molar-refractivity contribution >= 4 is 0 Å². The maximum Gasteiger partial charge on any atom is 0.123 e. The number of benzene rings is 1. The molecule has 16 heavy (non-hydrogen) atoms. The van der Waals surface area contributed by atoms with Crippen molar-refractivity contribution in [2.45, 2.75) is 38.6 Å². The summed E-state index contributed by atoms with van der Waals surface area (Å²) >= 11 is 0. The Labute approximate surface area is 96.9 Å². The Bertz CT molecular complexity index is 325. The normalized spacial score (nSPS) is 27.7. The zero-order valence-electron chi connectivity index (χ0n) is 9.83. The molecule has 0 heterocycles.